The van der Waals surface area contributed by atoms with E-state index >= 15 is 0 Å². The number of aryl methyl sites for hydroxylation is 1. The number of hydrogen-bond acceptors (Lipinski definition) is 8. The number of nitrogens with zero attached hydrogens (tertiary/aromatic N) is 4. The first-order chi connectivity index (χ1) is 12.8. The molecule has 2 aromatic heterocycles. The lowest BCUT2D eigenvalue weighted by Crippen LogP contribution is -2.26. The second-order valence-corrected chi connectivity index (χ2v) is 7.27. The van der Waals surface area contributed by atoms with Gasteiger partial charge in [-0.25, -0.2) is 9.97 Å². The van der Waals surface area contributed by atoms with Gasteiger partial charge in [-0.1, -0.05) is 41.7 Å². The molecule has 0 radical (unpaired) electrons. The van der Waals surface area contributed by atoms with E-state index in [1.165, 1.54) is 16.9 Å². The van der Waals surface area contributed by atoms with Gasteiger partial charge in [0.1, 0.15) is 10.8 Å². The van der Waals surface area contributed by atoms with E-state index in [2.05, 4.69) is 20.8 Å². The number of benzene rings is 1. The van der Waals surface area contributed by atoms with Crippen LogP contribution in [0.2, 0.25) is 0 Å². The SMILES string of the molecule is Nc1nnc(CCCNc2nc(-c3ccccc3)nc3c2CCNC3)s1. The summed E-state index contributed by atoms with van der Waals surface area (Å²) in [6.07, 6.45) is 2.76. The molecule has 1 aliphatic heterocycles. The van der Waals surface area contributed by atoms with Crippen LogP contribution in [-0.4, -0.2) is 33.3 Å². The summed E-state index contributed by atoms with van der Waals surface area (Å²) in [7, 11) is 0. The molecule has 0 saturated heterocycles. The van der Waals surface area contributed by atoms with Crippen molar-refractivity contribution >= 4 is 22.3 Å². The number of nitrogens with two attached hydrogens (primary N) is 1. The highest BCUT2D eigenvalue weighted by atomic mass is 32.1. The second-order valence-electron chi connectivity index (χ2n) is 6.18. The van der Waals surface area contributed by atoms with Crippen molar-refractivity contribution in [2.24, 2.45) is 0 Å². The Kier molecular flexibility index (Phi) is 5.03. The van der Waals surface area contributed by atoms with Crippen LogP contribution in [0, 0.1) is 0 Å². The first-order valence-electron chi connectivity index (χ1n) is 8.77. The normalized spacial score (nSPS) is 13.4. The third-order valence-electron chi connectivity index (χ3n) is 4.31. The Hall–Kier alpha value is -2.58. The Morgan fingerprint density at radius 1 is 1.15 bits per heavy atom. The van der Waals surface area contributed by atoms with Crippen LogP contribution in [0.15, 0.2) is 30.3 Å². The summed E-state index contributed by atoms with van der Waals surface area (Å²) in [5.74, 6) is 1.72. The van der Waals surface area contributed by atoms with Gasteiger partial charge < -0.3 is 16.4 Å². The standard InChI is InChI=1S/C18H21N7S/c19-18-25-24-15(26-18)7-4-9-21-17-13-8-10-20-11-14(13)22-16(23-17)12-5-2-1-3-6-12/h1-3,5-6,20H,4,7-11H2,(H2,19,25)(H,21,22,23). The summed E-state index contributed by atoms with van der Waals surface area (Å²) in [6, 6.07) is 10.1. The molecule has 3 heterocycles. The van der Waals surface area contributed by atoms with Crippen LogP contribution in [-0.2, 0) is 19.4 Å². The van der Waals surface area contributed by atoms with Crippen molar-refractivity contribution in [3.63, 3.8) is 0 Å². The molecule has 3 aromatic rings. The summed E-state index contributed by atoms with van der Waals surface area (Å²) < 4.78 is 0. The molecule has 0 atom stereocenters. The number of nitrogen functional groups attached to an aromatic ring is 1. The highest BCUT2D eigenvalue weighted by molar-refractivity contribution is 7.15. The molecule has 0 fully saturated rings. The fourth-order valence-electron chi connectivity index (χ4n) is 3.04. The maximum absolute atomic E-state index is 5.63. The van der Waals surface area contributed by atoms with E-state index in [0.29, 0.717) is 5.13 Å². The monoisotopic (exact) mass is 367 g/mol. The van der Waals surface area contributed by atoms with E-state index in [4.69, 9.17) is 15.7 Å². The first kappa shape index (κ1) is 16.9. The molecule has 0 amide bonds. The molecule has 7 nitrogen and oxygen atoms in total. The topological polar surface area (TPSA) is 102 Å². The molecule has 4 rings (SSSR count). The Labute approximate surface area is 156 Å². The molecular formula is C18H21N7S. The van der Waals surface area contributed by atoms with Crippen LogP contribution in [0.25, 0.3) is 11.4 Å². The smallest absolute Gasteiger partial charge is 0.203 e. The molecule has 0 aliphatic carbocycles. The van der Waals surface area contributed by atoms with Gasteiger partial charge >= 0.3 is 0 Å². The molecule has 4 N–H and O–H groups in total. The minimum Gasteiger partial charge on any atom is -0.374 e. The minimum absolute atomic E-state index is 0.526. The van der Waals surface area contributed by atoms with Gasteiger partial charge in [0.25, 0.3) is 0 Å². The van der Waals surface area contributed by atoms with Crippen LogP contribution in [0.5, 0.6) is 0 Å². The molecule has 134 valence electrons. The van der Waals surface area contributed by atoms with Crippen LogP contribution in [0.4, 0.5) is 10.9 Å². The number of fused-ring (bicyclic) bond motifs is 1. The molecule has 1 aromatic carbocycles. The van der Waals surface area contributed by atoms with E-state index in [1.807, 2.05) is 30.3 Å². The molecule has 0 bridgehead atoms. The number of nitrogens with one attached hydrogen (secondary N) is 2. The number of aromatic nitrogens is 4. The average Bonchev–Trinajstić information content (AvgIpc) is 3.11. The summed E-state index contributed by atoms with van der Waals surface area (Å²) in [5, 5.41) is 16.3. The third-order valence-corrected chi connectivity index (χ3v) is 5.12. The minimum atomic E-state index is 0.526. The molecule has 0 saturated carbocycles. The van der Waals surface area contributed by atoms with E-state index in [-0.39, 0.29) is 0 Å². The van der Waals surface area contributed by atoms with Gasteiger partial charge in [-0.15, -0.1) is 10.2 Å². The zero-order valence-corrected chi connectivity index (χ0v) is 15.2. The maximum atomic E-state index is 5.63. The van der Waals surface area contributed by atoms with Gasteiger partial charge in [-0.05, 0) is 19.4 Å². The van der Waals surface area contributed by atoms with Crippen molar-refractivity contribution in [3.8, 4) is 11.4 Å². The van der Waals surface area contributed by atoms with Crippen LogP contribution in [0.3, 0.4) is 0 Å². The first-order valence-corrected chi connectivity index (χ1v) is 9.59. The fourth-order valence-corrected chi connectivity index (χ4v) is 3.69. The second kappa shape index (κ2) is 7.76. The number of hydrogen-bond donors (Lipinski definition) is 3. The molecule has 8 heteroatoms. The van der Waals surface area contributed by atoms with Crippen molar-refractivity contribution in [2.75, 3.05) is 24.1 Å². The van der Waals surface area contributed by atoms with E-state index in [1.54, 1.807) is 0 Å². The number of anilines is 2. The Balaban J connectivity index is 1.50. The molecule has 26 heavy (non-hydrogen) atoms. The Morgan fingerprint density at radius 3 is 2.85 bits per heavy atom. The summed E-state index contributed by atoms with van der Waals surface area (Å²) in [5.41, 5.74) is 8.98. The third kappa shape index (κ3) is 3.81. The number of rotatable bonds is 6. The van der Waals surface area contributed by atoms with Crippen molar-refractivity contribution in [3.05, 3.63) is 46.6 Å². The van der Waals surface area contributed by atoms with Gasteiger partial charge in [0.15, 0.2) is 5.82 Å². The molecule has 0 spiro atoms. The van der Waals surface area contributed by atoms with Gasteiger partial charge in [0.2, 0.25) is 5.13 Å². The lowest BCUT2D eigenvalue weighted by molar-refractivity contribution is 0.625. The van der Waals surface area contributed by atoms with Gasteiger partial charge in [0, 0.05) is 30.6 Å². The zero-order chi connectivity index (χ0) is 17.8. The van der Waals surface area contributed by atoms with Crippen molar-refractivity contribution in [1.82, 2.24) is 25.5 Å². The molecular weight excluding hydrogens is 346 g/mol. The van der Waals surface area contributed by atoms with Crippen LogP contribution >= 0.6 is 11.3 Å². The summed E-state index contributed by atoms with van der Waals surface area (Å²) >= 11 is 1.45. The van der Waals surface area contributed by atoms with Crippen LogP contribution in [0.1, 0.15) is 22.7 Å². The maximum Gasteiger partial charge on any atom is 0.203 e. The Morgan fingerprint density at radius 2 is 2.04 bits per heavy atom. The lowest BCUT2D eigenvalue weighted by Gasteiger charge is -2.20. The summed E-state index contributed by atoms with van der Waals surface area (Å²) in [4.78, 5) is 9.59. The van der Waals surface area contributed by atoms with Crippen molar-refractivity contribution in [2.45, 2.75) is 25.8 Å². The lowest BCUT2D eigenvalue weighted by atomic mass is 10.1. The van der Waals surface area contributed by atoms with E-state index in [9.17, 15) is 0 Å². The van der Waals surface area contributed by atoms with Crippen LogP contribution < -0.4 is 16.4 Å². The quantitative estimate of drug-likeness (QED) is 0.574. The van der Waals surface area contributed by atoms with Gasteiger partial charge in [-0.3, -0.25) is 0 Å². The fraction of sp³-hybridized carbons (Fsp3) is 0.333. The van der Waals surface area contributed by atoms with Gasteiger partial charge in [0.05, 0.1) is 5.69 Å². The van der Waals surface area contributed by atoms with Crippen molar-refractivity contribution < 1.29 is 0 Å². The predicted molar refractivity (Wildman–Crippen MR) is 104 cm³/mol. The zero-order valence-electron chi connectivity index (χ0n) is 14.4. The van der Waals surface area contributed by atoms with Crippen molar-refractivity contribution in [1.29, 1.82) is 0 Å². The highest BCUT2D eigenvalue weighted by Gasteiger charge is 2.18. The largest absolute Gasteiger partial charge is 0.374 e. The van der Waals surface area contributed by atoms with E-state index in [0.717, 1.165) is 66.8 Å². The highest BCUT2D eigenvalue weighted by Crippen LogP contribution is 2.25. The molecule has 1 aliphatic rings. The summed E-state index contributed by atoms with van der Waals surface area (Å²) in [6.45, 7) is 2.57. The van der Waals surface area contributed by atoms with Gasteiger partial charge in [-0.2, -0.15) is 0 Å². The Bertz CT molecular complexity index is 879. The predicted octanol–water partition coefficient (Wildman–Crippen LogP) is 2.27. The molecule has 0 unspecified atom stereocenters. The van der Waals surface area contributed by atoms with E-state index < -0.39 is 0 Å². The average molecular weight is 367 g/mol.